The van der Waals surface area contributed by atoms with Crippen LogP contribution in [0.2, 0.25) is 0 Å². The van der Waals surface area contributed by atoms with Gasteiger partial charge in [-0.3, -0.25) is 4.79 Å². The van der Waals surface area contributed by atoms with E-state index in [-0.39, 0.29) is 11.9 Å². The Bertz CT molecular complexity index is 1010. The van der Waals surface area contributed by atoms with E-state index in [1.54, 1.807) is 13.3 Å². The summed E-state index contributed by atoms with van der Waals surface area (Å²) >= 11 is 0. The first-order valence-electron chi connectivity index (χ1n) is 11.2. The predicted octanol–water partition coefficient (Wildman–Crippen LogP) is 4.17. The van der Waals surface area contributed by atoms with Gasteiger partial charge < -0.3 is 20.4 Å². The minimum atomic E-state index is -0.399. The quantitative estimate of drug-likeness (QED) is 0.664. The van der Waals surface area contributed by atoms with Crippen molar-refractivity contribution in [1.29, 1.82) is 5.41 Å². The van der Waals surface area contributed by atoms with Crippen LogP contribution in [0.1, 0.15) is 70.8 Å². The number of fused-ring (bicyclic) bond motifs is 1. The van der Waals surface area contributed by atoms with Gasteiger partial charge in [-0.25, -0.2) is 0 Å². The maximum absolute atomic E-state index is 13.1. The summed E-state index contributed by atoms with van der Waals surface area (Å²) in [6.45, 7) is 2.77. The van der Waals surface area contributed by atoms with Crippen molar-refractivity contribution in [2.45, 2.75) is 64.1 Å². The lowest BCUT2D eigenvalue weighted by Crippen LogP contribution is -2.40. The van der Waals surface area contributed by atoms with E-state index in [4.69, 9.17) is 5.41 Å². The van der Waals surface area contributed by atoms with Crippen LogP contribution in [0.5, 0.6) is 0 Å². The highest BCUT2D eigenvalue weighted by atomic mass is 16.3. The third-order valence-electron chi connectivity index (χ3n) is 6.66. The van der Waals surface area contributed by atoms with Crippen molar-refractivity contribution in [2.24, 2.45) is 4.99 Å². The fourth-order valence-corrected chi connectivity index (χ4v) is 4.87. The van der Waals surface area contributed by atoms with Crippen LogP contribution < -0.4 is 0 Å². The molecule has 0 radical (unpaired) electrons. The monoisotopic (exact) mass is 417 g/mol. The Kier molecular flexibility index (Phi) is 6.33. The maximum atomic E-state index is 13.1. The lowest BCUT2D eigenvalue weighted by molar-refractivity contribution is 0.0479. The Morgan fingerprint density at radius 1 is 1.23 bits per heavy atom. The molecule has 1 fully saturated rings. The molecule has 2 N–H and O–H groups in total. The molecular weight excluding hydrogens is 386 g/mol. The molecule has 0 bridgehead atoms. The zero-order chi connectivity index (χ0) is 22.0. The van der Waals surface area contributed by atoms with E-state index in [2.05, 4.69) is 36.2 Å². The Balaban J connectivity index is 1.55. The highest BCUT2D eigenvalue weighted by Crippen LogP contribution is 2.34. The number of nitrogens with zero attached hydrogens (tertiary/aromatic N) is 2. The Labute approximate surface area is 184 Å². The van der Waals surface area contributed by atoms with Gasteiger partial charge >= 0.3 is 0 Å². The topological polar surface area (TPSA) is 76.8 Å². The van der Waals surface area contributed by atoms with E-state index >= 15 is 0 Å². The molecule has 2 atom stereocenters. The van der Waals surface area contributed by atoms with Crippen LogP contribution in [0.3, 0.4) is 0 Å². The lowest BCUT2D eigenvalue weighted by Gasteiger charge is -2.26. The lowest BCUT2D eigenvalue weighted by atomic mass is 9.93. The summed E-state index contributed by atoms with van der Waals surface area (Å²) in [6, 6.07) is 12.4. The van der Waals surface area contributed by atoms with E-state index in [9.17, 15) is 9.90 Å². The Morgan fingerprint density at radius 3 is 2.65 bits per heavy atom. The molecule has 2 aliphatic rings. The summed E-state index contributed by atoms with van der Waals surface area (Å²) in [5, 5.41) is 18.4. The maximum Gasteiger partial charge on any atom is 0.254 e. The third-order valence-corrected chi connectivity index (χ3v) is 6.66. The molecule has 162 valence electrons. The molecule has 0 aromatic heterocycles. The standard InChI is InChI=1S/C26H31N3O2/c1-3-18-14-21-16-29(24-5-4-6-25(24)30)26(31)22(21)15-20(18)13-17-7-9-19(10-8-17)23(27)11-12-28-2/h7-10,12,14-15,24-25,27,30H,3-6,11,13,16H2,1-2H3. The molecule has 2 unspecified atom stereocenters. The molecule has 1 heterocycles. The fourth-order valence-electron chi connectivity index (χ4n) is 4.87. The summed E-state index contributed by atoms with van der Waals surface area (Å²) < 4.78 is 0. The van der Waals surface area contributed by atoms with Gasteiger partial charge in [0.25, 0.3) is 5.91 Å². The number of hydrogen-bond donors (Lipinski definition) is 2. The van der Waals surface area contributed by atoms with Gasteiger partial charge in [0.1, 0.15) is 0 Å². The first-order chi connectivity index (χ1) is 15.0. The second kappa shape index (κ2) is 9.15. The predicted molar refractivity (Wildman–Crippen MR) is 124 cm³/mol. The van der Waals surface area contributed by atoms with Gasteiger partial charge in [-0.15, -0.1) is 0 Å². The second-order valence-electron chi connectivity index (χ2n) is 8.63. The average Bonchev–Trinajstić information content (AvgIpc) is 3.34. The molecule has 1 aliphatic heterocycles. The highest BCUT2D eigenvalue weighted by Gasteiger charge is 2.38. The van der Waals surface area contributed by atoms with Crippen molar-refractivity contribution < 1.29 is 9.90 Å². The number of aliphatic hydroxyl groups excluding tert-OH is 1. The molecule has 1 aliphatic carbocycles. The second-order valence-corrected chi connectivity index (χ2v) is 8.63. The van der Waals surface area contributed by atoms with Crippen molar-refractivity contribution in [3.63, 3.8) is 0 Å². The highest BCUT2D eigenvalue weighted by molar-refractivity contribution is 6.05. The Morgan fingerprint density at radius 2 is 2.00 bits per heavy atom. The number of rotatable bonds is 7. The molecule has 5 nitrogen and oxygen atoms in total. The zero-order valence-corrected chi connectivity index (χ0v) is 18.4. The van der Waals surface area contributed by atoms with E-state index in [1.165, 1.54) is 16.7 Å². The zero-order valence-electron chi connectivity index (χ0n) is 18.4. The van der Waals surface area contributed by atoms with E-state index < -0.39 is 6.10 Å². The summed E-state index contributed by atoms with van der Waals surface area (Å²) in [4.78, 5) is 19.0. The van der Waals surface area contributed by atoms with Crippen LogP contribution in [-0.4, -0.2) is 47.0 Å². The van der Waals surface area contributed by atoms with Gasteiger partial charge in [-0.05, 0) is 66.0 Å². The first-order valence-corrected chi connectivity index (χ1v) is 11.2. The summed E-state index contributed by atoms with van der Waals surface area (Å²) in [7, 11) is 1.72. The minimum Gasteiger partial charge on any atom is -0.391 e. The molecular formula is C26H31N3O2. The fraction of sp³-hybridized carbons (Fsp3) is 0.423. The van der Waals surface area contributed by atoms with Gasteiger partial charge in [-0.1, -0.05) is 37.3 Å². The number of carbonyl (C=O) groups is 1. The van der Waals surface area contributed by atoms with Gasteiger partial charge in [0.2, 0.25) is 0 Å². The number of benzene rings is 2. The number of aryl methyl sites for hydroxylation is 1. The van der Waals surface area contributed by atoms with E-state index in [0.29, 0.717) is 18.7 Å². The molecule has 4 rings (SSSR count). The van der Waals surface area contributed by atoms with Crippen LogP contribution >= 0.6 is 0 Å². The van der Waals surface area contributed by atoms with Gasteiger partial charge in [0.15, 0.2) is 0 Å². The average molecular weight is 418 g/mol. The molecule has 1 amide bonds. The van der Waals surface area contributed by atoms with Crippen molar-refractivity contribution >= 4 is 17.8 Å². The molecule has 0 spiro atoms. The summed E-state index contributed by atoms with van der Waals surface area (Å²) in [6.07, 6.45) is 6.23. The number of nitrogens with one attached hydrogen (secondary N) is 1. The van der Waals surface area contributed by atoms with E-state index in [1.807, 2.05) is 17.0 Å². The summed E-state index contributed by atoms with van der Waals surface area (Å²) in [5.74, 6) is 0.0613. The normalized spacial score (nSPS) is 20.6. The van der Waals surface area contributed by atoms with Crippen LogP contribution in [-0.2, 0) is 19.4 Å². The number of carbonyl (C=O) groups excluding carboxylic acids is 1. The van der Waals surface area contributed by atoms with Crippen LogP contribution in [0.4, 0.5) is 0 Å². The first kappa shape index (κ1) is 21.4. The number of amides is 1. The molecule has 31 heavy (non-hydrogen) atoms. The SMILES string of the molecule is CCc1cc2c(cc1Cc1ccc(C(=N)CC=NC)cc1)C(=O)N(C1CCCC1O)C2. The van der Waals surface area contributed by atoms with Crippen molar-refractivity contribution in [2.75, 3.05) is 7.05 Å². The molecule has 0 saturated heterocycles. The van der Waals surface area contributed by atoms with Crippen LogP contribution in [0.15, 0.2) is 41.4 Å². The van der Waals surface area contributed by atoms with Crippen LogP contribution in [0, 0.1) is 5.41 Å². The third kappa shape index (κ3) is 4.33. The van der Waals surface area contributed by atoms with Gasteiger partial charge in [0, 0.05) is 37.5 Å². The molecule has 5 heteroatoms. The number of aliphatic hydroxyl groups is 1. The van der Waals surface area contributed by atoms with E-state index in [0.717, 1.165) is 48.8 Å². The van der Waals surface area contributed by atoms with Gasteiger partial charge in [0.05, 0.1) is 12.1 Å². The largest absolute Gasteiger partial charge is 0.391 e. The summed E-state index contributed by atoms with van der Waals surface area (Å²) in [5.41, 5.74) is 6.98. The minimum absolute atomic E-state index is 0.0472. The number of aliphatic imine (C=N–C) groups is 1. The molecule has 2 aromatic rings. The molecule has 2 aromatic carbocycles. The number of hydrogen-bond acceptors (Lipinski definition) is 4. The van der Waals surface area contributed by atoms with Gasteiger partial charge in [-0.2, -0.15) is 0 Å². The van der Waals surface area contributed by atoms with Crippen LogP contribution in [0.25, 0.3) is 0 Å². The van der Waals surface area contributed by atoms with Crippen molar-refractivity contribution in [1.82, 2.24) is 4.90 Å². The van der Waals surface area contributed by atoms with Crippen molar-refractivity contribution in [3.8, 4) is 0 Å². The smallest absolute Gasteiger partial charge is 0.254 e. The van der Waals surface area contributed by atoms with Crippen molar-refractivity contribution in [3.05, 3.63) is 69.8 Å². The molecule has 1 saturated carbocycles. The Hall–Kier alpha value is -2.79.